The van der Waals surface area contributed by atoms with E-state index in [-0.39, 0.29) is 0 Å². The Morgan fingerprint density at radius 3 is 2.92 bits per heavy atom. The lowest BCUT2D eigenvalue weighted by atomic mass is 10.0. The van der Waals surface area contributed by atoms with Gasteiger partial charge in [0.05, 0.1) is 6.10 Å². The minimum atomic E-state index is -0.490. The van der Waals surface area contributed by atoms with Crippen molar-refractivity contribution in [3.05, 3.63) is 47.0 Å². The van der Waals surface area contributed by atoms with E-state index in [0.717, 1.165) is 11.1 Å². The lowest BCUT2D eigenvalue weighted by molar-refractivity contribution is 0.181. The fourth-order valence-corrected chi connectivity index (χ4v) is 1.44. The van der Waals surface area contributed by atoms with Crippen LogP contribution in [0.25, 0.3) is 0 Å². The van der Waals surface area contributed by atoms with Gasteiger partial charge in [0.25, 0.3) is 0 Å². The van der Waals surface area contributed by atoms with Crippen LogP contribution in [0.15, 0.2) is 30.9 Å². The van der Waals surface area contributed by atoms with Crippen LogP contribution < -0.4 is 0 Å². The van der Waals surface area contributed by atoms with Gasteiger partial charge in [-0.2, -0.15) is 0 Å². The van der Waals surface area contributed by atoms with Crippen LogP contribution >= 0.6 is 11.6 Å². The van der Waals surface area contributed by atoms with Crippen LogP contribution in [0.5, 0.6) is 0 Å². The van der Waals surface area contributed by atoms with Crippen LogP contribution in [0, 0.1) is 6.92 Å². The maximum atomic E-state index is 9.70. The Balaban J connectivity index is 2.97. The number of halogens is 1. The van der Waals surface area contributed by atoms with E-state index in [9.17, 15) is 5.11 Å². The lowest BCUT2D eigenvalue weighted by Gasteiger charge is -2.11. The molecule has 1 aromatic rings. The largest absolute Gasteiger partial charge is 0.388 e. The van der Waals surface area contributed by atoms with E-state index < -0.39 is 6.10 Å². The van der Waals surface area contributed by atoms with Crippen molar-refractivity contribution in [1.29, 1.82) is 0 Å². The van der Waals surface area contributed by atoms with Crippen molar-refractivity contribution in [2.24, 2.45) is 0 Å². The van der Waals surface area contributed by atoms with Crippen molar-refractivity contribution in [3.63, 3.8) is 0 Å². The first-order valence-corrected chi connectivity index (χ1v) is 4.58. The second kappa shape index (κ2) is 4.45. The Labute approximate surface area is 83.7 Å². The van der Waals surface area contributed by atoms with Crippen LogP contribution in [0.3, 0.4) is 0 Å². The van der Waals surface area contributed by atoms with E-state index in [4.69, 9.17) is 11.6 Å². The summed E-state index contributed by atoms with van der Waals surface area (Å²) in [6, 6.07) is 5.52. The van der Waals surface area contributed by atoms with Gasteiger partial charge in [-0.3, -0.25) is 0 Å². The van der Waals surface area contributed by atoms with Gasteiger partial charge in [0.15, 0.2) is 0 Å². The Kier molecular flexibility index (Phi) is 3.52. The third-order valence-corrected chi connectivity index (χ3v) is 2.23. The van der Waals surface area contributed by atoms with Crippen molar-refractivity contribution in [2.45, 2.75) is 19.4 Å². The number of hydrogen-bond donors (Lipinski definition) is 1. The first-order valence-electron chi connectivity index (χ1n) is 4.20. The van der Waals surface area contributed by atoms with Gasteiger partial charge in [-0.05, 0) is 36.6 Å². The van der Waals surface area contributed by atoms with Crippen LogP contribution in [-0.4, -0.2) is 5.11 Å². The molecule has 0 saturated heterocycles. The van der Waals surface area contributed by atoms with Crippen LogP contribution in [0.1, 0.15) is 23.7 Å². The highest BCUT2D eigenvalue weighted by Crippen LogP contribution is 2.24. The summed E-state index contributed by atoms with van der Waals surface area (Å²) < 4.78 is 0. The number of aliphatic hydroxyl groups is 1. The molecule has 0 unspecified atom stereocenters. The zero-order valence-corrected chi connectivity index (χ0v) is 8.38. The summed E-state index contributed by atoms with van der Waals surface area (Å²) in [7, 11) is 0. The maximum absolute atomic E-state index is 9.70. The minimum Gasteiger partial charge on any atom is -0.388 e. The van der Waals surface area contributed by atoms with Crippen molar-refractivity contribution >= 4 is 11.6 Å². The van der Waals surface area contributed by atoms with Gasteiger partial charge in [0, 0.05) is 5.02 Å². The van der Waals surface area contributed by atoms with Gasteiger partial charge >= 0.3 is 0 Å². The highest BCUT2D eigenvalue weighted by molar-refractivity contribution is 6.30. The highest BCUT2D eigenvalue weighted by Gasteiger charge is 2.08. The van der Waals surface area contributed by atoms with E-state index in [1.165, 1.54) is 0 Å². The topological polar surface area (TPSA) is 20.2 Å². The highest BCUT2D eigenvalue weighted by atomic mass is 35.5. The molecule has 1 N–H and O–H groups in total. The SMILES string of the molecule is C=CC[C@@H](O)c1cc(Cl)ccc1C. The van der Waals surface area contributed by atoms with Gasteiger partial charge in [-0.25, -0.2) is 0 Å². The zero-order valence-electron chi connectivity index (χ0n) is 7.63. The molecule has 0 radical (unpaired) electrons. The molecule has 1 atom stereocenters. The molecule has 1 rings (SSSR count). The molecular weight excluding hydrogens is 184 g/mol. The van der Waals surface area contributed by atoms with Crippen LogP contribution in [0.2, 0.25) is 5.02 Å². The molecule has 1 aromatic carbocycles. The van der Waals surface area contributed by atoms with Gasteiger partial charge in [-0.1, -0.05) is 23.7 Å². The second-order valence-corrected chi connectivity index (χ2v) is 3.48. The summed E-state index contributed by atoms with van der Waals surface area (Å²) in [5.74, 6) is 0. The molecule has 0 fully saturated rings. The molecule has 0 saturated carbocycles. The number of hydrogen-bond acceptors (Lipinski definition) is 1. The fourth-order valence-electron chi connectivity index (χ4n) is 1.26. The molecule has 0 spiro atoms. The van der Waals surface area contributed by atoms with Gasteiger partial charge in [0.1, 0.15) is 0 Å². The quantitative estimate of drug-likeness (QED) is 0.736. The summed E-state index contributed by atoms with van der Waals surface area (Å²) >= 11 is 5.82. The van der Waals surface area contributed by atoms with E-state index in [1.807, 2.05) is 19.1 Å². The van der Waals surface area contributed by atoms with Crippen LogP contribution in [0.4, 0.5) is 0 Å². The summed E-state index contributed by atoms with van der Waals surface area (Å²) in [6.07, 6.45) is 1.77. The Morgan fingerprint density at radius 2 is 2.31 bits per heavy atom. The van der Waals surface area contributed by atoms with Gasteiger partial charge < -0.3 is 5.11 Å². The van der Waals surface area contributed by atoms with Gasteiger partial charge in [-0.15, -0.1) is 6.58 Å². The van der Waals surface area contributed by atoms with Crippen molar-refractivity contribution in [2.75, 3.05) is 0 Å². The average Bonchev–Trinajstić information content (AvgIpc) is 2.09. The van der Waals surface area contributed by atoms with E-state index in [0.29, 0.717) is 11.4 Å². The lowest BCUT2D eigenvalue weighted by Crippen LogP contribution is -1.98. The normalized spacial score (nSPS) is 12.5. The Hall–Kier alpha value is -0.790. The predicted molar refractivity (Wildman–Crippen MR) is 56.0 cm³/mol. The van der Waals surface area contributed by atoms with E-state index in [1.54, 1.807) is 12.1 Å². The molecule has 0 aliphatic carbocycles. The van der Waals surface area contributed by atoms with Crippen molar-refractivity contribution in [1.82, 2.24) is 0 Å². The number of benzene rings is 1. The molecule has 0 amide bonds. The summed E-state index contributed by atoms with van der Waals surface area (Å²) in [5, 5.41) is 10.4. The predicted octanol–water partition coefficient (Wildman–Crippen LogP) is 3.26. The Bertz CT molecular complexity index is 307. The standard InChI is InChI=1S/C11H13ClO/c1-3-4-11(13)10-7-9(12)6-5-8(10)2/h3,5-7,11,13H,1,4H2,2H3/t11-/m1/s1. The first kappa shape index (κ1) is 10.3. The molecule has 0 aliphatic rings. The Morgan fingerprint density at radius 1 is 1.62 bits per heavy atom. The van der Waals surface area contributed by atoms with E-state index in [2.05, 4.69) is 6.58 Å². The second-order valence-electron chi connectivity index (χ2n) is 3.04. The average molecular weight is 197 g/mol. The molecule has 0 heterocycles. The third-order valence-electron chi connectivity index (χ3n) is 1.99. The number of aryl methyl sites for hydroxylation is 1. The molecule has 70 valence electrons. The molecule has 0 bridgehead atoms. The smallest absolute Gasteiger partial charge is 0.0827 e. The number of rotatable bonds is 3. The van der Waals surface area contributed by atoms with E-state index >= 15 is 0 Å². The van der Waals surface area contributed by atoms with Crippen molar-refractivity contribution in [3.8, 4) is 0 Å². The summed E-state index contributed by atoms with van der Waals surface area (Å²) in [4.78, 5) is 0. The molecular formula is C11H13ClO. The summed E-state index contributed by atoms with van der Waals surface area (Å²) in [5.41, 5.74) is 1.94. The number of aliphatic hydroxyl groups excluding tert-OH is 1. The fraction of sp³-hybridized carbons (Fsp3) is 0.273. The maximum Gasteiger partial charge on any atom is 0.0827 e. The first-order chi connectivity index (χ1) is 6.15. The monoisotopic (exact) mass is 196 g/mol. The molecule has 0 aromatic heterocycles. The molecule has 0 aliphatic heterocycles. The van der Waals surface area contributed by atoms with Crippen molar-refractivity contribution < 1.29 is 5.11 Å². The molecule has 13 heavy (non-hydrogen) atoms. The van der Waals surface area contributed by atoms with Crippen LogP contribution in [-0.2, 0) is 0 Å². The minimum absolute atomic E-state index is 0.490. The summed E-state index contributed by atoms with van der Waals surface area (Å²) in [6.45, 7) is 5.54. The molecule has 1 nitrogen and oxygen atoms in total. The molecule has 2 heteroatoms. The zero-order chi connectivity index (χ0) is 9.84. The van der Waals surface area contributed by atoms with Gasteiger partial charge in [0.2, 0.25) is 0 Å². The third kappa shape index (κ3) is 2.58.